The number of para-hydroxylation sites is 1. The maximum atomic E-state index is 13.8. The topological polar surface area (TPSA) is 98.8 Å². The quantitative estimate of drug-likeness (QED) is 0.744. The molecule has 1 fully saturated rings. The molecule has 2 aromatic carbocycles. The molecule has 31 heavy (non-hydrogen) atoms. The van der Waals surface area contributed by atoms with E-state index in [1.54, 1.807) is 24.3 Å². The number of ether oxygens (including phenoxy) is 1. The predicted octanol–water partition coefficient (Wildman–Crippen LogP) is 2.47. The third-order valence-corrected chi connectivity index (χ3v) is 6.65. The Bertz CT molecular complexity index is 1060. The van der Waals surface area contributed by atoms with Gasteiger partial charge in [0.15, 0.2) is 0 Å². The molecule has 0 spiro atoms. The number of piperidine rings is 1. The molecule has 1 saturated heterocycles. The highest BCUT2D eigenvalue weighted by atomic mass is 32.2. The van der Waals surface area contributed by atoms with Crippen LogP contribution in [0.5, 0.6) is 5.75 Å². The summed E-state index contributed by atoms with van der Waals surface area (Å²) in [6.45, 7) is 0.0722. The zero-order valence-electron chi connectivity index (χ0n) is 16.5. The molecule has 11 heteroatoms. The number of alkyl halides is 3. The van der Waals surface area contributed by atoms with Crippen molar-refractivity contribution in [3.8, 4) is 16.9 Å². The highest BCUT2D eigenvalue weighted by molar-refractivity contribution is 7.89. The summed E-state index contributed by atoms with van der Waals surface area (Å²) in [7, 11) is -3.12. The molecule has 2 aromatic rings. The van der Waals surface area contributed by atoms with Crippen molar-refractivity contribution in [2.24, 2.45) is 0 Å². The van der Waals surface area contributed by atoms with Gasteiger partial charge in [-0.15, -0.1) is 0 Å². The molecule has 0 aliphatic carbocycles. The monoisotopic (exact) mass is 457 g/mol. The second-order valence-corrected chi connectivity index (χ2v) is 8.74. The summed E-state index contributed by atoms with van der Waals surface area (Å²) < 4.78 is 74.3. The van der Waals surface area contributed by atoms with Crippen molar-refractivity contribution in [3.05, 3.63) is 48.0 Å². The molecule has 0 bridgehead atoms. The van der Waals surface area contributed by atoms with Crippen LogP contribution in [0, 0.1) is 0 Å². The van der Waals surface area contributed by atoms with Crippen molar-refractivity contribution in [3.63, 3.8) is 0 Å². The number of methoxy groups -OCH3 is 1. The number of nitrogens with one attached hydrogen (secondary N) is 1. The van der Waals surface area contributed by atoms with Crippen molar-refractivity contribution < 1.29 is 36.2 Å². The zero-order valence-corrected chi connectivity index (χ0v) is 17.3. The first-order chi connectivity index (χ1) is 14.5. The van der Waals surface area contributed by atoms with Gasteiger partial charge in [0.1, 0.15) is 11.8 Å². The maximum Gasteiger partial charge on any atom is 0.417 e. The van der Waals surface area contributed by atoms with Crippen LogP contribution in [0.2, 0.25) is 0 Å². The predicted molar refractivity (Wildman–Crippen MR) is 104 cm³/mol. The van der Waals surface area contributed by atoms with E-state index in [0.29, 0.717) is 11.3 Å². The zero-order chi connectivity index (χ0) is 22.8. The van der Waals surface area contributed by atoms with Crippen LogP contribution in [-0.4, -0.2) is 45.7 Å². The van der Waals surface area contributed by atoms with E-state index in [2.05, 4.69) is 4.72 Å². The normalized spacial score (nSPS) is 15.7. The Morgan fingerprint density at radius 1 is 1.16 bits per heavy atom. The lowest BCUT2D eigenvalue weighted by atomic mass is 10.0. The number of nitrogens with zero attached hydrogens (tertiary/aromatic N) is 1. The van der Waals surface area contributed by atoms with E-state index in [4.69, 9.17) is 4.74 Å². The molecular weight excluding hydrogens is 437 g/mol. The van der Waals surface area contributed by atoms with Gasteiger partial charge in [-0.2, -0.15) is 13.2 Å². The largest absolute Gasteiger partial charge is 0.530 e. The SMILES string of the molecule is COc1ccccc1-c1ccc(S(=O)(=O)NC2CCN(C(=O)[O-])CC2)c(C(F)(F)F)c1. The average Bonchev–Trinajstić information content (AvgIpc) is 2.72. The van der Waals surface area contributed by atoms with Gasteiger partial charge in [-0.05, 0) is 36.6 Å². The minimum Gasteiger partial charge on any atom is -0.530 e. The van der Waals surface area contributed by atoms with Gasteiger partial charge in [0.05, 0.1) is 17.6 Å². The van der Waals surface area contributed by atoms with Crippen molar-refractivity contribution in [1.29, 1.82) is 0 Å². The number of sulfonamides is 1. The van der Waals surface area contributed by atoms with Crippen LogP contribution >= 0.6 is 0 Å². The number of halogens is 3. The summed E-state index contributed by atoms with van der Waals surface area (Å²) in [5, 5.41) is 10.9. The molecule has 0 unspecified atom stereocenters. The highest BCUT2D eigenvalue weighted by Crippen LogP contribution is 2.39. The van der Waals surface area contributed by atoms with E-state index in [9.17, 15) is 31.5 Å². The number of carboxylic acid groups (broad SMARTS) is 1. The van der Waals surface area contributed by atoms with Gasteiger partial charge < -0.3 is 19.5 Å². The van der Waals surface area contributed by atoms with Crippen LogP contribution in [0.15, 0.2) is 47.4 Å². The van der Waals surface area contributed by atoms with E-state index in [1.807, 2.05) is 0 Å². The molecule has 3 rings (SSSR count). The van der Waals surface area contributed by atoms with Gasteiger partial charge in [0.25, 0.3) is 0 Å². The number of carbonyl (C=O) groups is 1. The van der Waals surface area contributed by atoms with Gasteiger partial charge in [0, 0.05) is 24.7 Å². The number of amides is 1. The Hall–Kier alpha value is -2.79. The van der Waals surface area contributed by atoms with E-state index in [-0.39, 0.29) is 31.5 Å². The molecule has 0 saturated carbocycles. The van der Waals surface area contributed by atoms with E-state index >= 15 is 0 Å². The highest BCUT2D eigenvalue weighted by Gasteiger charge is 2.38. The number of carbonyl (C=O) groups excluding carboxylic acids is 1. The molecule has 1 aliphatic heterocycles. The molecule has 1 N–H and O–H groups in total. The summed E-state index contributed by atoms with van der Waals surface area (Å²) in [5.74, 6) is 0.351. The van der Waals surface area contributed by atoms with Crippen molar-refractivity contribution in [2.75, 3.05) is 20.2 Å². The number of hydrogen-bond donors (Lipinski definition) is 1. The Labute approximate surface area is 177 Å². The molecule has 0 atom stereocenters. The van der Waals surface area contributed by atoms with Crippen LogP contribution in [-0.2, 0) is 16.2 Å². The van der Waals surface area contributed by atoms with E-state index in [1.165, 1.54) is 13.2 Å². The average molecular weight is 457 g/mol. The molecule has 1 amide bonds. The Kier molecular flexibility index (Phi) is 6.46. The number of benzene rings is 2. The van der Waals surface area contributed by atoms with E-state index < -0.39 is 38.8 Å². The van der Waals surface area contributed by atoms with Crippen LogP contribution < -0.4 is 14.6 Å². The minimum atomic E-state index is -4.92. The smallest absolute Gasteiger partial charge is 0.417 e. The van der Waals surface area contributed by atoms with Crippen LogP contribution in [0.25, 0.3) is 11.1 Å². The second-order valence-electron chi connectivity index (χ2n) is 7.06. The van der Waals surface area contributed by atoms with Crippen molar-refractivity contribution in [1.82, 2.24) is 9.62 Å². The Morgan fingerprint density at radius 3 is 2.39 bits per heavy atom. The number of rotatable bonds is 5. The van der Waals surface area contributed by atoms with E-state index in [0.717, 1.165) is 17.0 Å². The summed E-state index contributed by atoms with van der Waals surface area (Å²) in [6, 6.07) is 8.78. The summed E-state index contributed by atoms with van der Waals surface area (Å²) in [4.78, 5) is 11.0. The lowest BCUT2D eigenvalue weighted by molar-refractivity contribution is -0.266. The molecular formula is C20H20F3N2O5S-. The Balaban J connectivity index is 1.94. The molecule has 1 aliphatic rings. The summed E-state index contributed by atoms with van der Waals surface area (Å²) in [5.41, 5.74) is -0.747. The molecule has 0 radical (unpaired) electrons. The second kappa shape index (κ2) is 8.75. The molecule has 1 heterocycles. The summed E-state index contributed by atoms with van der Waals surface area (Å²) in [6.07, 6.45) is -6.02. The summed E-state index contributed by atoms with van der Waals surface area (Å²) >= 11 is 0. The standard InChI is InChI=1S/C20H21F3N2O5S/c1-30-17-5-3-2-4-15(17)13-6-7-18(16(12-13)20(21,22)23)31(28,29)24-14-8-10-25(11-9-14)19(26)27/h2-7,12,14,24H,8-11H2,1H3,(H,26,27)/p-1. The first-order valence-electron chi connectivity index (χ1n) is 9.36. The number of hydrogen-bond acceptors (Lipinski definition) is 5. The van der Waals surface area contributed by atoms with Crippen LogP contribution in [0.1, 0.15) is 18.4 Å². The number of likely N-dealkylation sites (tertiary alicyclic amines) is 1. The fourth-order valence-corrected chi connectivity index (χ4v) is 5.01. The van der Waals surface area contributed by atoms with Gasteiger partial charge in [-0.3, -0.25) is 0 Å². The first-order valence-corrected chi connectivity index (χ1v) is 10.8. The Morgan fingerprint density at radius 2 is 1.81 bits per heavy atom. The lowest BCUT2D eigenvalue weighted by Gasteiger charge is -2.33. The lowest BCUT2D eigenvalue weighted by Crippen LogP contribution is -2.50. The van der Waals surface area contributed by atoms with Gasteiger partial charge in [0.2, 0.25) is 10.0 Å². The van der Waals surface area contributed by atoms with Crippen LogP contribution in [0.4, 0.5) is 18.0 Å². The fraction of sp³-hybridized carbons (Fsp3) is 0.350. The third kappa shape index (κ3) is 5.10. The van der Waals surface area contributed by atoms with Crippen molar-refractivity contribution in [2.45, 2.75) is 30.0 Å². The third-order valence-electron chi connectivity index (χ3n) is 5.07. The van der Waals surface area contributed by atoms with Gasteiger partial charge >= 0.3 is 6.18 Å². The molecule has 0 aromatic heterocycles. The molecule has 7 nitrogen and oxygen atoms in total. The van der Waals surface area contributed by atoms with Gasteiger partial charge in [-0.1, -0.05) is 24.3 Å². The first kappa shape index (κ1) is 22.9. The van der Waals surface area contributed by atoms with Crippen LogP contribution in [0.3, 0.4) is 0 Å². The fourth-order valence-electron chi connectivity index (χ4n) is 3.50. The van der Waals surface area contributed by atoms with Gasteiger partial charge in [-0.25, -0.2) is 13.1 Å². The minimum absolute atomic E-state index is 0.0361. The van der Waals surface area contributed by atoms with Crippen molar-refractivity contribution >= 4 is 16.1 Å². The maximum absolute atomic E-state index is 13.8. The molecule has 168 valence electrons.